The Morgan fingerprint density at radius 3 is 2.76 bits per heavy atom. The van der Waals surface area contributed by atoms with Gasteiger partial charge in [-0.05, 0) is 40.9 Å². The van der Waals surface area contributed by atoms with Gasteiger partial charge in [0.05, 0.1) is 0 Å². The first kappa shape index (κ1) is 11.0. The number of aromatic amines is 1. The lowest BCUT2D eigenvalue weighted by molar-refractivity contribution is 0.429. The first-order valence-electron chi connectivity index (χ1n) is 6.01. The van der Waals surface area contributed by atoms with Gasteiger partial charge in [0.15, 0.2) is 10.4 Å². The Morgan fingerprint density at radius 1 is 1.24 bits per heavy atom. The van der Waals surface area contributed by atoms with E-state index in [1.54, 1.807) is 0 Å². The first-order valence-corrected chi connectivity index (χ1v) is 6.80. The number of rotatable bonds is 2. The fourth-order valence-corrected chi connectivity index (χ4v) is 2.68. The van der Waals surface area contributed by atoms with Crippen molar-refractivity contribution in [2.45, 2.75) is 38.0 Å². The Kier molecular flexibility index (Phi) is 3.01. The van der Waals surface area contributed by atoms with E-state index in [0.717, 1.165) is 5.82 Å². The molecule has 90 valence electrons. The fourth-order valence-electron chi connectivity index (χ4n) is 2.38. The summed E-state index contributed by atoms with van der Waals surface area (Å²) in [5.41, 5.74) is 0. The monoisotopic (exact) mass is 295 g/mol. The average molecular weight is 296 g/mol. The Morgan fingerprint density at radius 2 is 2.06 bits per heavy atom. The maximum Gasteiger partial charge on any atom is 0.216 e. The van der Waals surface area contributed by atoms with Gasteiger partial charge in [-0.2, -0.15) is 5.10 Å². The zero-order chi connectivity index (χ0) is 11.7. The number of nitrogens with zero attached hydrogens (tertiary/aromatic N) is 2. The van der Waals surface area contributed by atoms with Gasteiger partial charge in [0, 0.05) is 5.92 Å². The van der Waals surface area contributed by atoms with Crippen LogP contribution in [0.5, 0.6) is 0 Å². The van der Waals surface area contributed by atoms with Crippen molar-refractivity contribution in [3.63, 3.8) is 0 Å². The van der Waals surface area contributed by atoms with Crippen LogP contribution in [0.4, 0.5) is 0 Å². The molecule has 0 atom stereocenters. The number of nitrogens with one attached hydrogen (secondary N) is 1. The predicted molar refractivity (Wildman–Crippen MR) is 67.6 cm³/mol. The van der Waals surface area contributed by atoms with E-state index < -0.39 is 0 Å². The van der Waals surface area contributed by atoms with E-state index in [4.69, 9.17) is 4.42 Å². The zero-order valence-corrected chi connectivity index (χ0v) is 11.0. The molecule has 0 spiro atoms. The lowest BCUT2D eigenvalue weighted by Crippen LogP contribution is -2.06. The van der Waals surface area contributed by atoms with Gasteiger partial charge in [-0.15, -0.1) is 0 Å². The highest BCUT2D eigenvalue weighted by atomic mass is 79.9. The van der Waals surface area contributed by atoms with Gasteiger partial charge in [0.1, 0.15) is 5.82 Å². The molecule has 1 N–H and O–H groups in total. The van der Waals surface area contributed by atoms with Crippen molar-refractivity contribution in [2.75, 3.05) is 0 Å². The van der Waals surface area contributed by atoms with Crippen LogP contribution < -0.4 is 0 Å². The maximum absolute atomic E-state index is 5.44. The van der Waals surface area contributed by atoms with Crippen molar-refractivity contribution in [1.82, 2.24) is 15.2 Å². The van der Waals surface area contributed by atoms with E-state index in [2.05, 4.69) is 31.1 Å². The molecule has 0 saturated heterocycles. The molecular formula is C12H14BrN3O. The van der Waals surface area contributed by atoms with Crippen LogP contribution in [0.2, 0.25) is 0 Å². The second kappa shape index (κ2) is 4.64. The van der Waals surface area contributed by atoms with Crippen LogP contribution in [-0.4, -0.2) is 15.2 Å². The van der Waals surface area contributed by atoms with Crippen molar-refractivity contribution in [2.24, 2.45) is 0 Å². The Labute approximate surface area is 108 Å². The number of furan rings is 1. The smallest absolute Gasteiger partial charge is 0.216 e. The molecule has 2 aromatic rings. The molecule has 0 unspecified atom stereocenters. The van der Waals surface area contributed by atoms with Crippen LogP contribution in [0.3, 0.4) is 0 Å². The fraction of sp³-hybridized carbons (Fsp3) is 0.500. The summed E-state index contributed by atoms with van der Waals surface area (Å²) in [6.45, 7) is 0. The van der Waals surface area contributed by atoms with Crippen LogP contribution in [0.1, 0.15) is 43.8 Å². The highest BCUT2D eigenvalue weighted by Crippen LogP contribution is 2.31. The molecule has 0 bridgehead atoms. The van der Waals surface area contributed by atoms with E-state index in [1.807, 2.05) is 12.1 Å². The van der Waals surface area contributed by atoms with E-state index in [1.165, 1.54) is 32.1 Å². The van der Waals surface area contributed by atoms with Crippen LogP contribution in [-0.2, 0) is 0 Å². The minimum Gasteiger partial charge on any atom is -0.446 e. The summed E-state index contributed by atoms with van der Waals surface area (Å²) in [6, 6.07) is 3.73. The zero-order valence-electron chi connectivity index (χ0n) is 9.45. The van der Waals surface area contributed by atoms with Crippen LogP contribution in [0.25, 0.3) is 11.6 Å². The summed E-state index contributed by atoms with van der Waals surface area (Å²) < 4.78 is 6.15. The lowest BCUT2D eigenvalue weighted by atomic mass is 9.89. The normalized spacial score (nSPS) is 17.5. The van der Waals surface area contributed by atoms with Gasteiger partial charge in [0.2, 0.25) is 5.82 Å². The molecule has 0 aromatic carbocycles. The Hall–Kier alpha value is -1.10. The van der Waals surface area contributed by atoms with Gasteiger partial charge >= 0.3 is 0 Å². The second-order valence-corrected chi connectivity index (χ2v) is 5.26. The molecule has 5 heteroatoms. The summed E-state index contributed by atoms with van der Waals surface area (Å²) in [7, 11) is 0. The van der Waals surface area contributed by atoms with Crippen molar-refractivity contribution in [1.29, 1.82) is 0 Å². The minimum atomic E-state index is 0.545. The third-order valence-corrected chi connectivity index (χ3v) is 3.71. The molecule has 1 aliphatic rings. The SMILES string of the molecule is Brc1ccc(-c2n[nH]c(C3CCCCC3)n2)o1. The maximum atomic E-state index is 5.44. The highest BCUT2D eigenvalue weighted by molar-refractivity contribution is 9.10. The summed E-state index contributed by atoms with van der Waals surface area (Å²) in [4.78, 5) is 4.54. The summed E-state index contributed by atoms with van der Waals surface area (Å²) in [5.74, 6) is 2.90. The van der Waals surface area contributed by atoms with Gasteiger partial charge in [-0.25, -0.2) is 4.98 Å². The van der Waals surface area contributed by atoms with Crippen LogP contribution >= 0.6 is 15.9 Å². The second-order valence-electron chi connectivity index (χ2n) is 4.48. The van der Waals surface area contributed by atoms with Gasteiger partial charge in [0.25, 0.3) is 0 Å². The van der Waals surface area contributed by atoms with Crippen molar-refractivity contribution in [3.8, 4) is 11.6 Å². The van der Waals surface area contributed by atoms with Gasteiger partial charge in [-0.3, -0.25) is 5.10 Å². The molecule has 0 radical (unpaired) electrons. The summed E-state index contributed by atoms with van der Waals surface area (Å²) in [6.07, 6.45) is 6.38. The number of aromatic nitrogens is 3. The molecule has 4 nitrogen and oxygen atoms in total. The molecule has 3 rings (SSSR count). The molecular weight excluding hydrogens is 282 g/mol. The van der Waals surface area contributed by atoms with Crippen molar-refractivity contribution in [3.05, 3.63) is 22.6 Å². The number of halogens is 1. The molecule has 2 heterocycles. The first-order chi connectivity index (χ1) is 8.33. The van der Waals surface area contributed by atoms with Crippen LogP contribution in [0, 0.1) is 0 Å². The van der Waals surface area contributed by atoms with E-state index in [0.29, 0.717) is 22.2 Å². The van der Waals surface area contributed by atoms with E-state index in [9.17, 15) is 0 Å². The number of hydrogen-bond donors (Lipinski definition) is 1. The molecule has 0 aliphatic heterocycles. The summed E-state index contributed by atoms with van der Waals surface area (Å²) in [5, 5.41) is 7.27. The molecule has 17 heavy (non-hydrogen) atoms. The van der Waals surface area contributed by atoms with E-state index in [-0.39, 0.29) is 0 Å². The molecule has 1 saturated carbocycles. The largest absolute Gasteiger partial charge is 0.446 e. The Balaban J connectivity index is 1.82. The van der Waals surface area contributed by atoms with Crippen molar-refractivity contribution < 1.29 is 4.42 Å². The molecule has 2 aromatic heterocycles. The van der Waals surface area contributed by atoms with Gasteiger partial charge in [-0.1, -0.05) is 19.3 Å². The molecule has 1 fully saturated rings. The van der Waals surface area contributed by atoms with Crippen LogP contribution in [0.15, 0.2) is 21.2 Å². The van der Waals surface area contributed by atoms with E-state index >= 15 is 0 Å². The standard InChI is InChI=1S/C12H14BrN3O/c13-10-7-6-9(17-10)12-14-11(15-16-12)8-4-2-1-3-5-8/h6-8H,1-5H2,(H,14,15,16). The van der Waals surface area contributed by atoms with Gasteiger partial charge < -0.3 is 4.42 Å². The molecule has 1 aliphatic carbocycles. The topological polar surface area (TPSA) is 54.7 Å². The molecule has 0 amide bonds. The van der Waals surface area contributed by atoms with Crippen molar-refractivity contribution >= 4 is 15.9 Å². The number of H-pyrrole nitrogens is 1. The highest BCUT2D eigenvalue weighted by Gasteiger charge is 2.20. The third-order valence-electron chi connectivity index (χ3n) is 3.29. The average Bonchev–Trinajstić information content (AvgIpc) is 2.98. The lowest BCUT2D eigenvalue weighted by Gasteiger charge is -2.18. The minimum absolute atomic E-state index is 0.545. The number of hydrogen-bond acceptors (Lipinski definition) is 3. The predicted octanol–water partition coefficient (Wildman–Crippen LogP) is 3.87. The Bertz CT molecular complexity index is 499. The third kappa shape index (κ3) is 2.29. The quantitative estimate of drug-likeness (QED) is 0.915. The summed E-state index contributed by atoms with van der Waals surface area (Å²) >= 11 is 3.28.